The summed E-state index contributed by atoms with van der Waals surface area (Å²) in [5.41, 5.74) is -2.63. The summed E-state index contributed by atoms with van der Waals surface area (Å²) in [6.45, 7) is 0. The maximum Gasteiger partial charge on any atom is 0.416 e. The van der Waals surface area contributed by atoms with Crippen molar-refractivity contribution >= 4 is 38.5 Å². The summed E-state index contributed by atoms with van der Waals surface area (Å²) in [6, 6.07) is 6.46. The monoisotopic (exact) mass is 397 g/mol. The van der Waals surface area contributed by atoms with Crippen molar-refractivity contribution in [3.8, 4) is 0 Å². The summed E-state index contributed by atoms with van der Waals surface area (Å²) >= 11 is 0.965. The van der Waals surface area contributed by atoms with E-state index in [2.05, 4.69) is 0 Å². The third-order valence-electron chi connectivity index (χ3n) is 3.71. The van der Waals surface area contributed by atoms with E-state index >= 15 is 0 Å². The molecule has 0 fully saturated rings. The van der Waals surface area contributed by atoms with Gasteiger partial charge in [-0.25, -0.2) is 9.59 Å². The molecule has 3 aromatic rings. The zero-order chi connectivity index (χ0) is 19.9. The van der Waals surface area contributed by atoms with Gasteiger partial charge in [0.25, 0.3) is 5.91 Å². The van der Waals surface area contributed by atoms with Crippen molar-refractivity contribution < 1.29 is 32.3 Å². The Hall–Kier alpha value is -3.14. The van der Waals surface area contributed by atoms with Crippen LogP contribution in [0.2, 0.25) is 0 Å². The smallest absolute Gasteiger partial charge is 0.416 e. The molecular formula is C17H10F3NO5S. The minimum Gasteiger partial charge on any atom is -0.477 e. The lowest BCUT2D eigenvalue weighted by molar-refractivity contribution is -0.137. The Kier molecular flexibility index (Phi) is 4.52. The molecule has 6 nitrogen and oxygen atoms in total. The van der Waals surface area contributed by atoms with Gasteiger partial charge in [0.2, 0.25) is 0 Å². The maximum absolute atomic E-state index is 12.8. The van der Waals surface area contributed by atoms with Crippen molar-refractivity contribution in [3.63, 3.8) is 0 Å². The number of nitrogens with zero attached hydrogens (tertiary/aromatic N) is 1. The Morgan fingerprint density at radius 2 is 1.89 bits per heavy atom. The normalized spacial score (nSPS) is 11.6. The van der Waals surface area contributed by atoms with Gasteiger partial charge >= 0.3 is 17.8 Å². The minimum absolute atomic E-state index is 0.0775. The predicted molar refractivity (Wildman–Crippen MR) is 91.5 cm³/mol. The second-order valence-electron chi connectivity index (χ2n) is 5.51. The maximum atomic E-state index is 12.8. The third kappa shape index (κ3) is 3.56. The van der Waals surface area contributed by atoms with Gasteiger partial charge in [-0.05, 0) is 24.3 Å². The number of fused-ring (bicyclic) bond motifs is 1. The molecule has 0 unspecified atom stereocenters. The molecule has 1 aromatic carbocycles. The number of amides is 1. The number of rotatable bonds is 3. The van der Waals surface area contributed by atoms with Gasteiger partial charge in [-0.1, -0.05) is 6.07 Å². The first kappa shape index (κ1) is 18.6. The van der Waals surface area contributed by atoms with Gasteiger partial charge < -0.3 is 14.4 Å². The standard InChI is InChI=1S/C17H10F3NO5S/c1-21(14(22)8-3-2-4-9(5-8)17(18,19)20)13-7-11-12(27-13)6-10(15(23)24)16(25)26-11/h2-7H,1H3,(H,23,24). The molecule has 2 heterocycles. The van der Waals surface area contributed by atoms with Gasteiger partial charge in [0.1, 0.15) is 10.6 Å². The number of halogens is 3. The Bertz CT molecular complexity index is 1120. The van der Waals surface area contributed by atoms with Gasteiger partial charge in [-0.15, -0.1) is 11.3 Å². The van der Waals surface area contributed by atoms with E-state index in [-0.39, 0.29) is 16.1 Å². The fraction of sp³-hybridized carbons (Fsp3) is 0.118. The highest BCUT2D eigenvalue weighted by Crippen LogP contribution is 2.33. The molecule has 3 rings (SSSR count). The minimum atomic E-state index is -4.58. The molecule has 0 bridgehead atoms. The first-order valence-corrected chi connectivity index (χ1v) is 8.16. The zero-order valence-corrected chi connectivity index (χ0v) is 14.4. The molecule has 0 spiro atoms. The number of benzene rings is 1. The highest BCUT2D eigenvalue weighted by Gasteiger charge is 2.31. The van der Waals surface area contributed by atoms with Crippen LogP contribution in [0.5, 0.6) is 0 Å². The van der Waals surface area contributed by atoms with E-state index in [0.29, 0.717) is 4.70 Å². The number of carbonyl (C=O) groups is 2. The highest BCUT2D eigenvalue weighted by atomic mass is 32.1. The number of anilines is 1. The fourth-order valence-corrected chi connectivity index (χ4v) is 3.33. The zero-order valence-electron chi connectivity index (χ0n) is 13.5. The topological polar surface area (TPSA) is 87.8 Å². The molecule has 10 heteroatoms. The molecule has 0 saturated heterocycles. The lowest BCUT2D eigenvalue weighted by atomic mass is 10.1. The van der Waals surface area contributed by atoms with Crippen molar-refractivity contribution in [2.75, 3.05) is 11.9 Å². The van der Waals surface area contributed by atoms with Crippen LogP contribution < -0.4 is 10.5 Å². The lowest BCUT2D eigenvalue weighted by Crippen LogP contribution is -2.25. The number of carboxylic acids is 1. The highest BCUT2D eigenvalue weighted by molar-refractivity contribution is 7.22. The van der Waals surface area contributed by atoms with Crippen LogP contribution in [0.25, 0.3) is 10.3 Å². The molecule has 2 aromatic heterocycles. The first-order chi connectivity index (χ1) is 12.6. The van der Waals surface area contributed by atoms with Gasteiger partial charge in [0, 0.05) is 18.7 Å². The van der Waals surface area contributed by atoms with E-state index < -0.39 is 34.8 Å². The Morgan fingerprint density at radius 3 is 2.52 bits per heavy atom. The molecule has 140 valence electrons. The van der Waals surface area contributed by atoms with Gasteiger partial charge in [0.15, 0.2) is 5.58 Å². The number of aromatic carboxylic acids is 1. The molecule has 0 aliphatic heterocycles. The molecule has 27 heavy (non-hydrogen) atoms. The Balaban J connectivity index is 1.98. The summed E-state index contributed by atoms with van der Waals surface area (Å²) in [6.07, 6.45) is -4.58. The van der Waals surface area contributed by atoms with E-state index in [1.807, 2.05) is 0 Å². The van der Waals surface area contributed by atoms with Crippen molar-refractivity contribution in [1.82, 2.24) is 0 Å². The number of carboxylic acid groups (broad SMARTS) is 1. The van der Waals surface area contributed by atoms with Crippen molar-refractivity contribution in [2.45, 2.75) is 6.18 Å². The SMILES string of the molecule is CN(C(=O)c1cccc(C(F)(F)F)c1)c1cc2oc(=O)c(C(=O)O)cc2s1. The largest absolute Gasteiger partial charge is 0.477 e. The second kappa shape index (κ2) is 6.54. The van der Waals surface area contributed by atoms with Gasteiger partial charge in [-0.3, -0.25) is 4.79 Å². The lowest BCUT2D eigenvalue weighted by Gasteiger charge is -2.16. The van der Waals surface area contributed by atoms with Crippen molar-refractivity contribution in [2.24, 2.45) is 0 Å². The fourth-order valence-electron chi connectivity index (χ4n) is 2.34. The summed E-state index contributed by atoms with van der Waals surface area (Å²) in [4.78, 5) is 36.2. The van der Waals surface area contributed by atoms with Crippen LogP contribution in [-0.2, 0) is 6.18 Å². The average molecular weight is 397 g/mol. The number of carbonyl (C=O) groups excluding carboxylic acids is 1. The summed E-state index contributed by atoms with van der Waals surface area (Å²) in [5.74, 6) is -2.15. The molecule has 0 aliphatic carbocycles. The van der Waals surface area contributed by atoms with Gasteiger partial charge in [0.05, 0.1) is 10.3 Å². The van der Waals surface area contributed by atoms with Crippen LogP contribution in [-0.4, -0.2) is 24.0 Å². The molecular weight excluding hydrogens is 387 g/mol. The summed E-state index contributed by atoms with van der Waals surface area (Å²) < 4.78 is 43.7. The molecule has 0 aliphatic rings. The average Bonchev–Trinajstić information content (AvgIpc) is 3.01. The number of alkyl halides is 3. The van der Waals surface area contributed by atoms with E-state index in [1.165, 1.54) is 19.2 Å². The Morgan fingerprint density at radius 1 is 1.19 bits per heavy atom. The number of hydrogen-bond donors (Lipinski definition) is 1. The van der Waals surface area contributed by atoms with Crippen LogP contribution in [0.1, 0.15) is 26.3 Å². The molecule has 0 atom stereocenters. The van der Waals surface area contributed by atoms with Gasteiger partial charge in [-0.2, -0.15) is 13.2 Å². The summed E-state index contributed by atoms with van der Waals surface area (Å²) in [5, 5.41) is 9.23. The van der Waals surface area contributed by atoms with E-state index in [0.717, 1.165) is 40.5 Å². The molecule has 1 amide bonds. The van der Waals surface area contributed by atoms with E-state index in [1.54, 1.807) is 0 Å². The van der Waals surface area contributed by atoms with Crippen LogP contribution in [0.4, 0.5) is 18.2 Å². The molecule has 0 saturated carbocycles. The van der Waals surface area contributed by atoms with E-state index in [9.17, 15) is 27.6 Å². The van der Waals surface area contributed by atoms with E-state index in [4.69, 9.17) is 9.52 Å². The van der Waals surface area contributed by atoms with Crippen molar-refractivity contribution in [1.29, 1.82) is 0 Å². The number of thiophene rings is 1. The molecule has 0 radical (unpaired) electrons. The third-order valence-corrected chi connectivity index (χ3v) is 4.85. The quantitative estimate of drug-likeness (QED) is 0.725. The second-order valence-corrected chi connectivity index (χ2v) is 6.57. The summed E-state index contributed by atoms with van der Waals surface area (Å²) in [7, 11) is 1.35. The predicted octanol–water partition coefficient (Wildman–Crippen LogP) is 3.85. The van der Waals surface area contributed by atoms with Crippen LogP contribution in [0.15, 0.2) is 45.6 Å². The molecule has 1 N–H and O–H groups in total. The van der Waals surface area contributed by atoms with Crippen molar-refractivity contribution in [3.05, 3.63) is 63.5 Å². The van der Waals surface area contributed by atoms with Crippen LogP contribution in [0, 0.1) is 0 Å². The number of hydrogen-bond acceptors (Lipinski definition) is 5. The first-order valence-electron chi connectivity index (χ1n) is 7.34. The van der Waals surface area contributed by atoms with Crippen LogP contribution >= 0.6 is 11.3 Å². The van der Waals surface area contributed by atoms with Crippen LogP contribution in [0.3, 0.4) is 0 Å². The Labute approximate surface area is 153 Å².